The zero-order valence-electron chi connectivity index (χ0n) is 17.7. The van der Waals surface area contributed by atoms with E-state index >= 15 is 0 Å². The summed E-state index contributed by atoms with van der Waals surface area (Å²) in [5.41, 5.74) is 1.64. The molecule has 10 heteroatoms. The van der Waals surface area contributed by atoms with Crippen LogP contribution in [0, 0.1) is 6.92 Å². The largest absolute Gasteiger partial charge is 0.483 e. The maximum atomic E-state index is 12.6. The van der Waals surface area contributed by atoms with Crippen LogP contribution in [0.1, 0.15) is 37.7 Å². The molecule has 0 unspecified atom stereocenters. The minimum absolute atomic E-state index is 0.00269. The number of hydrogen-bond acceptors (Lipinski definition) is 5. The fourth-order valence-electron chi connectivity index (χ4n) is 3.42. The normalized spacial score (nSPS) is 14.6. The molecule has 0 aliphatic heterocycles. The summed E-state index contributed by atoms with van der Waals surface area (Å²) in [5, 5.41) is 5.50. The van der Waals surface area contributed by atoms with E-state index < -0.39 is 15.9 Å². The van der Waals surface area contributed by atoms with Gasteiger partial charge in [0, 0.05) is 11.7 Å². The molecule has 2 aromatic rings. The van der Waals surface area contributed by atoms with Crippen LogP contribution < -0.4 is 20.1 Å². The lowest BCUT2D eigenvalue weighted by Crippen LogP contribution is -2.37. The second-order valence-corrected chi connectivity index (χ2v) is 10.7. The van der Waals surface area contributed by atoms with Gasteiger partial charge >= 0.3 is 0 Å². The molecule has 1 aliphatic carbocycles. The van der Waals surface area contributed by atoms with Gasteiger partial charge in [0.25, 0.3) is 5.91 Å². The van der Waals surface area contributed by atoms with E-state index in [1.807, 2.05) is 19.1 Å². The van der Waals surface area contributed by atoms with Gasteiger partial charge in [-0.25, -0.2) is 13.1 Å². The average molecular weight is 541 g/mol. The number of carbonyl (C=O) groups excluding carboxylic acids is 1. The molecule has 0 aromatic heterocycles. The van der Waals surface area contributed by atoms with Crippen LogP contribution in [0.3, 0.4) is 0 Å². The van der Waals surface area contributed by atoms with Gasteiger partial charge in [0.2, 0.25) is 10.0 Å². The third-order valence-corrected chi connectivity index (χ3v) is 7.41. The summed E-state index contributed by atoms with van der Waals surface area (Å²) in [4.78, 5) is 12.3. The number of amides is 1. The van der Waals surface area contributed by atoms with E-state index in [0.29, 0.717) is 11.4 Å². The SMILES string of the molecule is Cc1ccc(OCC(=O)NC(=S)Nc2ccc(S(=O)(=O)NC3CCCCC3)cc2)c(Br)c1. The molecule has 0 spiro atoms. The predicted octanol–water partition coefficient (Wildman–Crippen LogP) is 4.26. The molecule has 172 valence electrons. The highest BCUT2D eigenvalue weighted by atomic mass is 79.9. The second kappa shape index (κ2) is 11.2. The molecule has 0 saturated heterocycles. The van der Waals surface area contributed by atoms with Gasteiger partial charge in [0.05, 0.1) is 9.37 Å². The highest BCUT2D eigenvalue weighted by Crippen LogP contribution is 2.25. The molecule has 7 nitrogen and oxygen atoms in total. The first-order valence-corrected chi connectivity index (χ1v) is 13.0. The maximum absolute atomic E-state index is 12.6. The van der Waals surface area contributed by atoms with Crippen LogP contribution in [0.25, 0.3) is 0 Å². The number of halogens is 1. The monoisotopic (exact) mass is 539 g/mol. The fraction of sp³-hybridized carbons (Fsp3) is 0.364. The smallest absolute Gasteiger partial charge is 0.264 e. The first-order valence-electron chi connectivity index (χ1n) is 10.3. The summed E-state index contributed by atoms with van der Waals surface area (Å²) < 4.78 is 34.2. The van der Waals surface area contributed by atoms with Crippen molar-refractivity contribution in [3.05, 3.63) is 52.5 Å². The Labute approximate surface area is 202 Å². The molecule has 3 N–H and O–H groups in total. The van der Waals surface area contributed by atoms with Crippen molar-refractivity contribution >= 4 is 54.9 Å². The number of hydrogen-bond donors (Lipinski definition) is 3. The lowest BCUT2D eigenvalue weighted by Gasteiger charge is -2.22. The molecule has 0 radical (unpaired) electrons. The van der Waals surface area contributed by atoms with Crippen LogP contribution in [-0.2, 0) is 14.8 Å². The number of ether oxygens (including phenoxy) is 1. The number of aryl methyl sites for hydroxylation is 1. The molecule has 1 saturated carbocycles. The highest BCUT2D eigenvalue weighted by molar-refractivity contribution is 9.10. The molecular weight excluding hydrogens is 514 g/mol. The van der Waals surface area contributed by atoms with Crippen molar-refractivity contribution in [2.45, 2.75) is 50.0 Å². The summed E-state index contributed by atoms with van der Waals surface area (Å²) in [6, 6.07) is 11.8. The zero-order valence-corrected chi connectivity index (χ0v) is 20.9. The fourth-order valence-corrected chi connectivity index (χ4v) is 5.56. The Morgan fingerprint density at radius 1 is 1.12 bits per heavy atom. The number of benzene rings is 2. The van der Waals surface area contributed by atoms with Crippen molar-refractivity contribution in [2.24, 2.45) is 0 Å². The molecule has 2 aromatic carbocycles. The summed E-state index contributed by atoms with van der Waals surface area (Å²) in [5.74, 6) is 0.147. The molecular formula is C22H26BrN3O4S2. The number of rotatable bonds is 7. The van der Waals surface area contributed by atoms with Crippen molar-refractivity contribution in [3.8, 4) is 5.75 Å². The van der Waals surface area contributed by atoms with Crippen LogP contribution in [0.2, 0.25) is 0 Å². The predicted molar refractivity (Wildman–Crippen MR) is 132 cm³/mol. The molecule has 3 rings (SSSR count). The quantitative estimate of drug-likeness (QED) is 0.455. The third kappa shape index (κ3) is 7.26. The lowest BCUT2D eigenvalue weighted by molar-refractivity contribution is -0.121. The number of thiocarbonyl (C=S) groups is 1. The van der Waals surface area contributed by atoms with Gasteiger partial charge in [-0.05, 0) is 89.9 Å². The number of sulfonamides is 1. The van der Waals surface area contributed by atoms with Gasteiger partial charge in [0.15, 0.2) is 11.7 Å². The summed E-state index contributed by atoms with van der Waals surface area (Å²) in [6.07, 6.45) is 5.00. The van der Waals surface area contributed by atoms with Crippen LogP contribution in [0.5, 0.6) is 5.75 Å². The Morgan fingerprint density at radius 3 is 2.47 bits per heavy atom. The van der Waals surface area contributed by atoms with E-state index in [1.54, 1.807) is 18.2 Å². The first-order chi connectivity index (χ1) is 15.2. The van der Waals surface area contributed by atoms with E-state index in [9.17, 15) is 13.2 Å². The van der Waals surface area contributed by atoms with E-state index in [1.165, 1.54) is 12.1 Å². The van der Waals surface area contributed by atoms with Gasteiger partial charge < -0.3 is 10.1 Å². The summed E-state index contributed by atoms with van der Waals surface area (Å²) in [7, 11) is -3.56. The minimum atomic E-state index is -3.56. The van der Waals surface area contributed by atoms with Crippen LogP contribution in [0.4, 0.5) is 5.69 Å². The summed E-state index contributed by atoms with van der Waals surface area (Å²) in [6.45, 7) is 1.76. The topological polar surface area (TPSA) is 96.5 Å². The molecule has 0 atom stereocenters. The standard InChI is InChI=1S/C22H26BrN3O4S2/c1-15-7-12-20(19(23)13-15)30-14-21(27)25-22(31)24-16-8-10-18(11-9-16)32(28,29)26-17-5-3-2-4-6-17/h7-13,17,26H,2-6,14H2,1H3,(H2,24,25,27,31). The van der Waals surface area contributed by atoms with Crippen molar-refractivity contribution in [3.63, 3.8) is 0 Å². The number of nitrogens with one attached hydrogen (secondary N) is 3. The Kier molecular flexibility index (Phi) is 8.64. The second-order valence-electron chi connectivity index (χ2n) is 7.71. The number of carbonyl (C=O) groups is 1. The Hall–Kier alpha value is -2.01. The average Bonchev–Trinajstić information content (AvgIpc) is 2.74. The van der Waals surface area contributed by atoms with Crippen LogP contribution in [-0.4, -0.2) is 32.1 Å². The molecule has 0 heterocycles. The minimum Gasteiger partial charge on any atom is -0.483 e. The molecule has 0 bridgehead atoms. The summed E-state index contributed by atoms with van der Waals surface area (Å²) >= 11 is 8.56. The van der Waals surface area contributed by atoms with E-state index in [2.05, 4.69) is 31.3 Å². The molecule has 1 aliphatic rings. The first kappa shape index (κ1) is 24.6. The van der Waals surface area contributed by atoms with E-state index in [4.69, 9.17) is 17.0 Å². The van der Waals surface area contributed by atoms with Gasteiger partial charge in [0.1, 0.15) is 5.75 Å². The maximum Gasteiger partial charge on any atom is 0.264 e. The molecule has 32 heavy (non-hydrogen) atoms. The zero-order chi connectivity index (χ0) is 23.1. The third-order valence-electron chi connectivity index (χ3n) is 5.05. The molecule has 1 amide bonds. The molecule has 1 fully saturated rings. The van der Waals surface area contributed by atoms with Crippen molar-refractivity contribution in [2.75, 3.05) is 11.9 Å². The van der Waals surface area contributed by atoms with Gasteiger partial charge in [-0.2, -0.15) is 0 Å². The van der Waals surface area contributed by atoms with Crippen molar-refractivity contribution < 1.29 is 17.9 Å². The number of anilines is 1. The van der Waals surface area contributed by atoms with Crippen molar-refractivity contribution in [1.29, 1.82) is 0 Å². The lowest BCUT2D eigenvalue weighted by atomic mass is 9.96. The highest BCUT2D eigenvalue weighted by Gasteiger charge is 2.21. The Morgan fingerprint density at radius 2 is 1.81 bits per heavy atom. The van der Waals surface area contributed by atoms with Gasteiger partial charge in [-0.15, -0.1) is 0 Å². The Bertz CT molecular complexity index is 1070. The van der Waals surface area contributed by atoms with Gasteiger partial charge in [-0.1, -0.05) is 25.3 Å². The van der Waals surface area contributed by atoms with E-state index in [0.717, 1.165) is 42.1 Å². The Balaban J connectivity index is 1.48. The van der Waals surface area contributed by atoms with E-state index in [-0.39, 0.29) is 22.7 Å². The van der Waals surface area contributed by atoms with Gasteiger partial charge in [-0.3, -0.25) is 10.1 Å². The van der Waals surface area contributed by atoms with Crippen LogP contribution in [0.15, 0.2) is 51.8 Å². The van der Waals surface area contributed by atoms with Crippen molar-refractivity contribution in [1.82, 2.24) is 10.0 Å². The van der Waals surface area contributed by atoms with Crippen LogP contribution >= 0.6 is 28.1 Å².